The zero-order valence-corrected chi connectivity index (χ0v) is 15.1. The van der Waals surface area contributed by atoms with Gasteiger partial charge in [0.15, 0.2) is 0 Å². The zero-order chi connectivity index (χ0) is 19.3. The molecule has 2 amide bonds. The second-order valence-corrected chi connectivity index (χ2v) is 7.91. The molecule has 0 spiro atoms. The van der Waals surface area contributed by atoms with Gasteiger partial charge in [-0.1, -0.05) is 24.3 Å². The average Bonchev–Trinajstić information content (AvgIpc) is 2.94. The Balaban J connectivity index is 1.90. The monoisotopic (exact) mass is 381 g/mol. The van der Waals surface area contributed by atoms with Crippen molar-refractivity contribution in [3.05, 3.63) is 65.2 Å². The third kappa shape index (κ3) is 2.61. The molecular formula is C19H15N3O4S. The van der Waals surface area contributed by atoms with Gasteiger partial charge < -0.3 is 11.1 Å². The van der Waals surface area contributed by atoms with Gasteiger partial charge in [-0.3, -0.25) is 14.3 Å². The number of aryl methyl sites for hydroxylation is 1. The molecule has 1 aliphatic heterocycles. The van der Waals surface area contributed by atoms with E-state index in [1.807, 2.05) is 0 Å². The molecule has 0 fully saturated rings. The molecule has 3 aromatic rings. The van der Waals surface area contributed by atoms with Crippen molar-refractivity contribution < 1.29 is 18.0 Å². The highest BCUT2D eigenvalue weighted by Crippen LogP contribution is 2.37. The van der Waals surface area contributed by atoms with E-state index >= 15 is 0 Å². The summed E-state index contributed by atoms with van der Waals surface area (Å²) in [5.41, 5.74) is 7.16. The fourth-order valence-electron chi connectivity index (χ4n) is 3.30. The highest BCUT2D eigenvalue weighted by Gasteiger charge is 2.27. The molecule has 4 N–H and O–H groups in total. The number of carbonyl (C=O) groups is 2. The molecule has 0 bridgehead atoms. The Kier molecular flexibility index (Phi) is 3.67. The molecular weight excluding hydrogens is 366 g/mol. The van der Waals surface area contributed by atoms with Gasteiger partial charge in [0.1, 0.15) is 0 Å². The van der Waals surface area contributed by atoms with E-state index in [-0.39, 0.29) is 22.1 Å². The molecule has 3 aromatic carbocycles. The number of amides is 2. The summed E-state index contributed by atoms with van der Waals surface area (Å²) in [4.78, 5) is 23.7. The van der Waals surface area contributed by atoms with Crippen LogP contribution in [0.1, 0.15) is 26.3 Å². The van der Waals surface area contributed by atoms with Gasteiger partial charge in [-0.15, -0.1) is 0 Å². The van der Waals surface area contributed by atoms with E-state index in [0.29, 0.717) is 27.6 Å². The van der Waals surface area contributed by atoms with Crippen LogP contribution in [0.3, 0.4) is 0 Å². The van der Waals surface area contributed by atoms with Crippen molar-refractivity contribution in [1.82, 2.24) is 0 Å². The topological polar surface area (TPSA) is 118 Å². The van der Waals surface area contributed by atoms with E-state index in [9.17, 15) is 18.0 Å². The zero-order valence-electron chi connectivity index (χ0n) is 14.2. The molecule has 0 aromatic heterocycles. The molecule has 0 unspecified atom stereocenters. The van der Waals surface area contributed by atoms with Crippen LogP contribution >= 0.6 is 0 Å². The minimum atomic E-state index is -4.04. The van der Waals surface area contributed by atoms with Crippen molar-refractivity contribution in [2.75, 3.05) is 10.0 Å². The number of sulfonamides is 1. The molecule has 4 rings (SSSR count). The number of benzene rings is 3. The summed E-state index contributed by atoms with van der Waals surface area (Å²) in [6, 6.07) is 12.7. The van der Waals surface area contributed by atoms with Crippen molar-refractivity contribution in [2.24, 2.45) is 5.73 Å². The van der Waals surface area contributed by atoms with Gasteiger partial charge in [-0.2, -0.15) is 0 Å². The van der Waals surface area contributed by atoms with Crippen LogP contribution in [0.5, 0.6) is 0 Å². The normalized spacial score (nSPS) is 12.9. The number of carbonyl (C=O) groups excluding carboxylic acids is 2. The van der Waals surface area contributed by atoms with E-state index in [1.165, 1.54) is 12.1 Å². The van der Waals surface area contributed by atoms with Crippen LogP contribution in [0.2, 0.25) is 0 Å². The first-order valence-electron chi connectivity index (χ1n) is 8.09. The second kappa shape index (κ2) is 5.82. The van der Waals surface area contributed by atoms with Crippen LogP contribution in [0.25, 0.3) is 10.8 Å². The van der Waals surface area contributed by atoms with Gasteiger partial charge in [0.05, 0.1) is 16.1 Å². The maximum absolute atomic E-state index is 13.1. The van der Waals surface area contributed by atoms with E-state index in [4.69, 9.17) is 5.73 Å². The first-order valence-corrected chi connectivity index (χ1v) is 9.57. The van der Waals surface area contributed by atoms with E-state index in [1.54, 1.807) is 43.3 Å². The van der Waals surface area contributed by atoms with Crippen LogP contribution < -0.4 is 15.8 Å². The predicted molar refractivity (Wildman–Crippen MR) is 102 cm³/mol. The van der Waals surface area contributed by atoms with Crippen LogP contribution in [0.15, 0.2) is 53.4 Å². The molecule has 0 aliphatic carbocycles. The number of anilines is 2. The Morgan fingerprint density at radius 1 is 1.07 bits per heavy atom. The maximum atomic E-state index is 13.1. The SMILES string of the molecule is Cc1cccc(C(N)=O)c1NS(=O)(=O)c1ccc2c3c(cccc13)C(=O)N2. The van der Waals surface area contributed by atoms with Crippen LogP contribution in [0.4, 0.5) is 11.4 Å². The summed E-state index contributed by atoms with van der Waals surface area (Å²) < 4.78 is 28.7. The predicted octanol–water partition coefficient (Wildman–Crippen LogP) is 2.61. The molecule has 8 heteroatoms. The summed E-state index contributed by atoms with van der Waals surface area (Å²) in [7, 11) is -4.04. The molecule has 27 heavy (non-hydrogen) atoms. The Morgan fingerprint density at radius 2 is 1.81 bits per heavy atom. The molecule has 7 nitrogen and oxygen atoms in total. The molecule has 1 heterocycles. The lowest BCUT2D eigenvalue weighted by molar-refractivity contribution is 0.0998. The lowest BCUT2D eigenvalue weighted by Gasteiger charge is -2.15. The lowest BCUT2D eigenvalue weighted by Crippen LogP contribution is -2.19. The van der Waals surface area contributed by atoms with Crippen molar-refractivity contribution in [3.8, 4) is 0 Å². The Bertz CT molecular complexity index is 1250. The van der Waals surface area contributed by atoms with Gasteiger partial charge >= 0.3 is 0 Å². The number of primary amides is 1. The minimum absolute atomic E-state index is 0.0123. The molecule has 136 valence electrons. The van der Waals surface area contributed by atoms with Crippen LogP contribution in [-0.4, -0.2) is 20.2 Å². The van der Waals surface area contributed by atoms with Gasteiger partial charge in [-0.25, -0.2) is 8.42 Å². The van der Waals surface area contributed by atoms with Crippen molar-refractivity contribution in [2.45, 2.75) is 11.8 Å². The van der Waals surface area contributed by atoms with Gasteiger partial charge in [0.2, 0.25) is 0 Å². The minimum Gasteiger partial charge on any atom is -0.366 e. The van der Waals surface area contributed by atoms with Crippen molar-refractivity contribution >= 4 is 44.0 Å². The first-order chi connectivity index (χ1) is 12.8. The van der Waals surface area contributed by atoms with E-state index < -0.39 is 15.9 Å². The van der Waals surface area contributed by atoms with Crippen LogP contribution in [0, 0.1) is 6.92 Å². The fraction of sp³-hybridized carbons (Fsp3) is 0.0526. The molecule has 0 saturated carbocycles. The largest absolute Gasteiger partial charge is 0.366 e. The Hall–Kier alpha value is -3.39. The van der Waals surface area contributed by atoms with Crippen molar-refractivity contribution in [1.29, 1.82) is 0 Å². The summed E-state index contributed by atoms with van der Waals surface area (Å²) in [6.45, 7) is 1.68. The number of hydrogen-bond donors (Lipinski definition) is 3. The summed E-state index contributed by atoms with van der Waals surface area (Å²) in [5, 5.41) is 3.70. The fourth-order valence-corrected chi connectivity index (χ4v) is 4.65. The molecule has 0 saturated heterocycles. The number of para-hydroxylation sites is 1. The highest BCUT2D eigenvalue weighted by molar-refractivity contribution is 7.93. The average molecular weight is 381 g/mol. The third-order valence-electron chi connectivity index (χ3n) is 4.56. The van der Waals surface area contributed by atoms with Gasteiger partial charge in [0.25, 0.3) is 21.8 Å². The third-order valence-corrected chi connectivity index (χ3v) is 5.97. The number of hydrogen-bond acceptors (Lipinski definition) is 4. The maximum Gasteiger partial charge on any atom is 0.262 e. The van der Waals surface area contributed by atoms with Crippen molar-refractivity contribution in [3.63, 3.8) is 0 Å². The summed E-state index contributed by atoms with van der Waals surface area (Å²) >= 11 is 0. The van der Waals surface area contributed by atoms with E-state index in [2.05, 4.69) is 10.0 Å². The molecule has 0 radical (unpaired) electrons. The highest BCUT2D eigenvalue weighted by atomic mass is 32.2. The second-order valence-electron chi connectivity index (χ2n) is 6.26. The number of rotatable bonds is 4. The van der Waals surface area contributed by atoms with Gasteiger partial charge in [0, 0.05) is 22.0 Å². The smallest absolute Gasteiger partial charge is 0.262 e. The molecule has 0 atom stereocenters. The lowest BCUT2D eigenvalue weighted by atomic mass is 10.1. The standard InChI is InChI=1S/C19H15N3O4S/c1-10-4-2-7-13(18(20)23)17(10)22-27(25,26)15-9-8-14-16-11(15)5-3-6-12(16)19(24)21-14/h2-9,22H,1H3,(H2,20,23)(H,21,24). The quantitative estimate of drug-likeness (QED) is 0.644. The summed E-state index contributed by atoms with van der Waals surface area (Å²) in [6.07, 6.45) is 0. The Labute approximate surface area is 155 Å². The molecule has 1 aliphatic rings. The van der Waals surface area contributed by atoms with Crippen LogP contribution in [-0.2, 0) is 10.0 Å². The Morgan fingerprint density at radius 3 is 2.56 bits per heavy atom. The first kappa shape index (κ1) is 17.0. The van der Waals surface area contributed by atoms with E-state index in [0.717, 1.165) is 0 Å². The number of nitrogens with two attached hydrogens (primary N) is 1. The summed E-state index contributed by atoms with van der Waals surface area (Å²) in [5.74, 6) is -1.00. The number of nitrogens with one attached hydrogen (secondary N) is 2. The van der Waals surface area contributed by atoms with Gasteiger partial charge in [-0.05, 0) is 36.8 Å².